The van der Waals surface area contributed by atoms with Crippen molar-refractivity contribution in [2.75, 3.05) is 0 Å². The van der Waals surface area contributed by atoms with E-state index in [2.05, 4.69) is 14.7 Å². The highest BCUT2D eigenvalue weighted by molar-refractivity contribution is 6.30. The average molecular weight is 251 g/mol. The van der Waals surface area contributed by atoms with Gasteiger partial charge in [0, 0.05) is 10.6 Å². The molecule has 1 aromatic carbocycles. The van der Waals surface area contributed by atoms with Gasteiger partial charge >= 0.3 is 6.16 Å². The van der Waals surface area contributed by atoms with E-state index >= 15 is 0 Å². The highest BCUT2D eigenvalue weighted by Gasteiger charge is 2.04. The maximum atomic E-state index is 10.3. The third kappa shape index (κ3) is 2.92. The number of carboxylic acid groups (broad SMARTS) is 1. The molecule has 0 amide bonds. The first-order chi connectivity index (χ1) is 8.15. The van der Waals surface area contributed by atoms with Crippen LogP contribution >= 0.6 is 11.6 Å². The lowest BCUT2D eigenvalue weighted by Crippen LogP contribution is -2.03. The molecule has 5 nitrogen and oxygen atoms in total. The minimum absolute atomic E-state index is 0.0789. The number of benzene rings is 1. The molecule has 0 bridgehead atoms. The summed E-state index contributed by atoms with van der Waals surface area (Å²) in [5, 5.41) is 9.02. The lowest BCUT2D eigenvalue weighted by atomic mass is 10.2. The molecule has 6 heteroatoms. The maximum absolute atomic E-state index is 10.3. The molecule has 0 unspecified atom stereocenters. The largest absolute Gasteiger partial charge is 0.511 e. The van der Waals surface area contributed by atoms with E-state index in [1.807, 2.05) is 0 Å². The van der Waals surface area contributed by atoms with Crippen LogP contribution in [-0.2, 0) is 0 Å². The first-order valence-corrected chi connectivity index (χ1v) is 5.02. The van der Waals surface area contributed by atoms with Crippen LogP contribution in [0.1, 0.15) is 0 Å². The zero-order valence-electron chi connectivity index (χ0n) is 8.50. The quantitative estimate of drug-likeness (QED) is 0.830. The van der Waals surface area contributed by atoms with Crippen molar-refractivity contribution < 1.29 is 14.6 Å². The number of aromatic nitrogens is 2. The Morgan fingerprint density at radius 3 is 2.29 bits per heavy atom. The predicted molar refractivity (Wildman–Crippen MR) is 61.1 cm³/mol. The van der Waals surface area contributed by atoms with Crippen LogP contribution in [0.5, 0.6) is 5.75 Å². The zero-order chi connectivity index (χ0) is 12.3. The molecule has 0 aliphatic heterocycles. The Morgan fingerprint density at radius 1 is 1.18 bits per heavy atom. The molecule has 2 rings (SSSR count). The highest BCUT2D eigenvalue weighted by Crippen LogP contribution is 2.18. The molecule has 0 saturated heterocycles. The van der Waals surface area contributed by atoms with Crippen molar-refractivity contribution in [3.8, 4) is 17.1 Å². The van der Waals surface area contributed by atoms with Gasteiger partial charge in [0.15, 0.2) is 11.6 Å². The Morgan fingerprint density at radius 2 is 1.76 bits per heavy atom. The molecule has 0 atom stereocenters. The van der Waals surface area contributed by atoms with Crippen LogP contribution in [0, 0.1) is 0 Å². The van der Waals surface area contributed by atoms with Crippen LogP contribution in [-0.4, -0.2) is 21.2 Å². The average Bonchev–Trinajstić information content (AvgIpc) is 2.30. The summed E-state index contributed by atoms with van der Waals surface area (Å²) in [4.78, 5) is 18.2. The van der Waals surface area contributed by atoms with E-state index in [9.17, 15) is 4.79 Å². The molecule has 86 valence electrons. The summed E-state index contributed by atoms with van der Waals surface area (Å²) in [7, 11) is 0. The second-order valence-electron chi connectivity index (χ2n) is 3.12. The van der Waals surface area contributed by atoms with Crippen molar-refractivity contribution in [2.24, 2.45) is 0 Å². The molecule has 2 aromatic rings. The van der Waals surface area contributed by atoms with Crippen molar-refractivity contribution in [1.82, 2.24) is 9.97 Å². The normalized spacial score (nSPS) is 9.94. The van der Waals surface area contributed by atoms with E-state index in [1.54, 1.807) is 24.3 Å². The third-order valence-electron chi connectivity index (χ3n) is 1.94. The highest BCUT2D eigenvalue weighted by atomic mass is 35.5. The topological polar surface area (TPSA) is 72.3 Å². The van der Waals surface area contributed by atoms with Gasteiger partial charge in [-0.2, -0.15) is 0 Å². The molecular weight excluding hydrogens is 244 g/mol. The molecule has 0 aliphatic rings. The Balaban J connectivity index is 2.23. The zero-order valence-corrected chi connectivity index (χ0v) is 9.26. The fourth-order valence-corrected chi connectivity index (χ4v) is 1.34. The number of halogens is 1. The third-order valence-corrected chi connectivity index (χ3v) is 2.19. The van der Waals surface area contributed by atoms with Gasteiger partial charge < -0.3 is 9.84 Å². The van der Waals surface area contributed by atoms with E-state index in [0.29, 0.717) is 10.8 Å². The van der Waals surface area contributed by atoms with E-state index in [4.69, 9.17) is 16.7 Å². The lowest BCUT2D eigenvalue weighted by Gasteiger charge is -2.01. The SMILES string of the molecule is O=C(O)Oc1cnc(-c2ccc(Cl)cc2)nc1. The summed E-state index contributed by atoms with van der Waals surface area (Å²) in [5.74, 6) is 0.551. The lowest BCUT2D eigenvalue weighted by molar-refractivity contribution is 0.144. The van der Waals surface area contributed by atoms with Gasteiger partial charge in [-0.1, -0.05) is 11.6 Å². The minimum atomic E-state index is -1.40. The van der Waals surface area contributed by atoms with Gasteiger partial charge in [-0.15, -0.1) is 0 Å². The van der Waals surface area contributed by atoms with Crippen LogP contribution in [0.25, 0.3) is 11.4 Å². The molecule has 0 fully saturated rings. The van der Waals surface area contributed by atoms with Crippen LogP contribution in [0.15, 0.2) is 36.7 Å². The van der Waals surface area contributed by atoms with E-state index in [-0.39, 0.29) is 5.75 Å². The van der Waals surface area contributed by atoms with Crippen molar-refractivity contribution in [3.63, 3.8) is 0 Å². The molecule has 0 saturated carbocycles. The number of hydrogen-bond acceptors (Lipinski definition) is 4. The Hall–Kier alpha value is -2.14. The molecular formula is C11H7ClN2O3. The Bertz CT molecular complexity index is 525. The summed E-state index contributed by atoms with van der Waals surface area (Å²) in [6, 6.07) is 6.99. The second kappa shape index (κ2) is 4.80. The Kier molecular flexibility index (Phi) is 3.20. The number of nitrogens with zero attached hydrogens (tertiary/aromatic N) is 2. The van der Waals surface area contributed by atoms with Crippen LogP contribution < -0.4 is 4.74 Å². The number of hydrogen-bond donors (Lipinski definition) is 1. The smallest absolute Gasteiger partial charge is 0.449 e. The van der Waals surface area contributed by atoms with Crippen molar-refractivity contribution >= 4 is 17.8 Å². The fraction of sp³-hybridized carbons (Fsp3) is 0. The fourth-order valence-electron chi connectivity index (χ4n) is 1.22. The first kappa shape index (κ1) is 11.3. The molecule has 17 heavy (non-hydrogen) atoms. The van der Waals surface area contributed by atoms with Crippen LogP contribution in [0.4, 0.5) is 4.79 Å². The van der Waals surface area contributed by atoms with E-state index < -0.39 is 6.16 Å². The molecule has 1 heterocycles. The van der Waals surface area contributed by atoms with Gasteiger partial charge in [0.25, 0.3) is 0 Å². The number of carbonyl (C=O) groups is 1. The summed E-state index contributed by atoms with van der Waals surface area (Å²) in [6.45, 7) is 0. The van der Waals surface area contributed by atoms with Crippen molar-refractivity contribution in [3.05, 3.63) is 41.7 Å². The Labute approximate surface area is 102 Å². The second-order valence-corrected chi connectivity index (χ2v) is 3.55. The van der Waals surface area contributed by atoms with Gasteiger partial charge in [0.2, 0.25) is 0 Å². The van der Waals surface area contributed by atoms with Gasteiger partial charge in [-0.25, -0.2) is 14.8 Å². The summed E-state index contributed by atoms with van der Waals surface area (Å²) < 4.78 is 4.39. The van der Waals surface area contributed by atoms with Crippen LogP contribution in [0.2, 0.25) is 5.02 Å². The summed E-state index contributed by atoms with van der Waals surface area (Å²) in [6.07, 6.45) is 1.20. The molecule has 0 aliphatic carbocycles. The molecule has 1 N–H and O–H groups in total. The minimum Gasteiger partial charge on any atom is -0.449 e. The molecule has 1 aromatic heterocycles. The van der Waals surface area contributed by atoms with Crippen molar-refractivity contribution in [2.45, 2.75) is 0 Å². The van der Waals surface area contributed by atoms with Gasteiger partial charge in [0.05, 0.1) is 12.4 Å². The van der Waals surface area contributed by atoms with Crippen molar-refractivity contribution in [1.29, 1.82) is 0 Å². The monoisotopic (exact) mass is 250 g/mol. The van der Waals surface area contributed by atoms with E-state index in [0.717, 1.165) is 5.56 Å². The standard InChI is InChI=1S/C11H7ClN2O3/c12-8-3-1-7(2-4-8)10-13-5-9(6-14-10)17-11(15)16/h1-6H,(H,15,16). The number of rotatable bonds is 2. The summed E-state index contributed by atoms with van der Waals surface area (Å²) in [5.41, 5.74) is 0.788. The summed E-state index contributed by atoms with van der Waals surface area (Å²) >= 11 is 5.76. The predicted octanol–water partition coefficient (Wildman–Crippen LogP) is 2.85. The van der Waals surface area contributed by atoms with Gasteiger partial charge in [-0.3, -0.25) is 0 Å². The molecule has 0 spiro atoms. The molecule has 0 radical (unpaired) electrons. The first-order valence-electron chi connectivity index (χ1n) is 4.64. The maximum Gasteiger partial charge on any atom is 0.511 e. The van der Waals surface area contributed by atoms with Gasteiger partial charge in [-0.05, 0) is 24.3 Å². The van der Waals surface area contributed by atoms with Crippen LogP contribution in [0.3, 0.4) is 0 Å². The van der Waals surface area contributed by atoms with E-state index in [1.165, 1.54) is 12.4 Å². The van der Waals surface area contributed by atoms with Gasteiger partial charge in [0.1, 0.15) is 0 Å². The number of ether oxygens (including phenoxy) is 1.